The maximum atomic E-state index is 4.54. The fourth-order valence-electron chi connectivity index (χ4n) is 2.24. The van der Waals surface area contributed by atoms with Gasteiger partial charge in [-0.1, -0.05) is 0 Å². The van der Waals surface area contributed by atoms with Crippen LogP contribution in [0, 0.1) is 6.92 Å². The van der Waals surface area contributed by atoms with Gasteiger partial charge in [0.25, 0.3) is 0 Å². The zero-order valence-corrected chi connectivity index (χ0v) is 10.7. The molecule has 2 aromatic heterocycles. The summed E-state index contributed by atoms with van der Waals surface area (Å²) in [5.74, 6) is 1.05. The highest BCUT2D eigenvalue weighted by Gasteiger charge is 2.14. The standard InChI is InChI=1S/C11H15N5.ClH/c1-9-7-10(15-5-3-2-4-6-15)14-16-8-12-13-11(9)16;/h7-8H,2-6H2,1H3;1H. The second-order valence-corrected chi connectivity index (χ2v) is 4.33. The van der Waals surface area contributed by atoms with Crippen molar-refractivity contribution in [2.45, 2.75) is 26.2 Å². The van der Waals surface area contributed by atoms with Crippen LogP contribution in [0.4, 0.5) is 5.82 Å². The van der Waals surface area contributed by atoms with E-state index >= 15 is 0 Å². The number of aromatic nitrogens is 4. The lowest BCUT2D eigenvalue weighted by Crippen LogP contribution is -2.30. The second-order valence-electron chi connectivity index (χ2n) is 4.33. The van der Waals surface area contributed by atoms with E-state index in [1.54, 1.807) is 10.8 Å². The maximum Gasteiger partial charge on any atom is 0.180 e. The monoisotopic (exact) mass is 253 g/mol. The zero-order chi connectivity index (χ0) is 11.0. The van der Waals surface area contributed by atoms with Crippen LogP contribution in [0.1, 0.15) is 24.8 Å². The van der Waals surface area contributed by atoms with Crippen molar-refractivity contribution in [1.82, 2.24) is 19.8 Å². The molecule has 2 aromatic rings. The number of aryl methyl sites for hydroxylation is 1. The van der Waals surface area contributed by atoms with Crippen molar-refractivity contribution in [2.24, 2.45) is 0 Å². The van der Waals surface area contributed by atoms with Gasteiger partial charge >= 0.3 is 0 Å². The van der Waals surface area contributed by atoms with Gasteiger partial charge in [0.15, 0.2) is 5.65 Å². The molecule has 92 valence electrons. The highest BCUT2D eigenvalue weighted by Crippen LogP contribution is 2.19. The Labute approximate surface area is 106 Å². The molecule has 0 aromatic carbocycles. The number of hydrogen-bond donors (Lipinski definition) is 0. The van der Waals surface area contributed by atoms with Crippen LogP contribution in [0.3, 0.4) is 0 Å². The number of halogens is 1. The van der Waals surface area contributed by atoms with Crippen LogP contribution >= 0.6 is 12.4 Å². The molecule has 6 heteroatoms. The third-order valence-electron chi connectivity index (χ3n) is 3.12. The van der Waals surface area contributed by atoms with Crippen LogP contribution in [0.2, 0.25) is 0 Å². The van der Waals surface area contributed by atoms with Gasteiger partial charge in [-0.3, -0.25) is 0 Å². The number of fused-ring (bicyclic) bond motifs is 1. The molecule has 3 heterocycles. The van der Waals surface area contributed by atoms with E-state index in [-0.39, 0.29) is 12.4 Å². The van der Waals surface area contributed by atoms with Crippen molar-refractivity contribution in [1.29, 1.82) is 0 Å². The predicted molar refractivity (Wildman–Crippen MR) is 68.8 cm³/mol. The van der Waals surface area contributed by atoms with Gasteiger partial charge in [-0.15, -0.1) is 27.7 Å². The Bertz CT molecular complexity index is 504. The number of rotatable bonds is 1. The minimum atomic E-state index is 0. The Morgan fingerprint density at radius 2 is 1.94 bits per heavy atom. The first-order valence-corrected chi connectivity index (χ1v) is 5.77. The molecule has 1 saturated heterocycles. The molecule has 1 aliphatic heterocycles. The normalized spacial score (nSPS) is 15.9. The third kappa shape index (κ3) is 2.20. The quantitative estimate of drug-likeness (QED) is 0.778. The van der Waals surface area contributed by atoms with Crippen molar-refractivity contribution in [3.05, 3.63) is 18.0 Å². The Morgan fingerprint density at radius 1 is 1.18 bits per heavy atom. The van der Waals surface area contributed by atoms with E-state index in [4.69, 9.17) is 0 Å². The average molecular weight is 254 g/mol. The smallest absolute Gasteiger partial charge is 0.180 e. The number of piperidine rings is 1. The average Bonchev–Trinajstić information content (AvgIpc) is 2.79. The van der Waals surface area contributed by atoms with Gasteiger partial charge in [-0.05, 0) is 37.8 Å². The number of nitrogens with zero attached hydrogens (tertiary/aromatic N) is 5. The topological polar surface area (TPSA) is 46.3 Å². The molecule has 1 fully saturated rings. The molecule has 5 nitrogen and oxygen atoms in total. The van der Waals surface area contributed by atoms with E-state index in [0.29, 0.717) is 0 Å². The predicted octanol–water partition coefficient (Wildman–Crippen LogP) is 1.84. The fraction of sp³-hybridized carbons (Fsp3) is 0.545. The highest BCUT2D eigenvalue weighted by atomic mass is 35.5. The Kier molecular flexibility index (Phi) is 3.47. The molecular weight excluding hydrogens is 238 g/mol. The lowest BCUT2D eigenvalue weighted by molar-refractivity contribution is 0.570. The molecule has 0 N–H and O–H groups in total. The summed E-state index contributed by atoms with van der Waals surface area (Å²) in [6.07, 6.45) is 5.53. The van der Waals surface area contributed by atoms with Crippen molar-refractivity contribution >= 4 is 23.9 Å². The van der Waals surface area contributed by atoms with Crippen LogP contribution in [0.15, 0.2) is 12.4 Å². The van der Waals surface area contributed by atoms with Gasteiger partial charge in [0.1, 0.15) is 12.1 Å². The van der Waals surface area contributed by atoms with Gasteiger partial charge in [0, 0.05) is 13.1 Å². The van der Waals surface area contributed by atoms with Gasteiger partial charge in [-0.2, -0.15) is 4.52 Å². The maximum absolute atomic E-state index is 4.54. The lowest BCUT2D eigenvalue weighted by Gasteiger charge is -2.27. The molecular formula is C11H16ClN5. The molecule has 17 heavy (non-hydrogen) atoms. The van der Waals surface area contributed by atoms with Crippen LogP contribution in [0.25, 0.3) is 5.65 Å². The minimum absolute atomic E-state index is 0. The van der Waals surface area contributed by atoms with Crippen molar-refractivity contribution in [3.8, 4) is 0 Å². The lowest BCUT2D eigenvalue weighted by atomic mass is 10.1. The highest BCUT2D eigenvalue weighted by molar-refractivity contribution is 5.85. The molecule has 0 radical (unpaired) electrons. The Balaban J connectivity index is 0.00000108. The van der Waals surface area contributed by atoms with E-state index in [2.05, 4.69) is 33.2 Å². The van der Waals surface area contributed by atoms with E-state index < -0.39 is 0 Å². The summed E-state index contributed by atoms with van der Waals surface area (Å²) < 4.78 is 1.76. The molecule has 1 aliphatic rings. The van der Waals surface area contributed by atoms with Crippen LogP contribution < -0.4 is 4.90 Å². The summed E-state index contributed by atoms with van der Waals surface area (Å²) in [6.45, 7) is 4.28. The first-order valence-electron chi connectivity index (χ1n) is 5.77. The molecule has 0 amide bonds. The molecule has 0 aliphatic carbocycles. The Morgan fingerprint density at radius 3 is 2.71 bits per heavy atom. The summed E-state index contributed by atoms with van der Waals surface area (Å²) in [7, 11) is 0. The number of anilines is 1. The van der Waals surface area contributed by atoms with E-state index in [9.17, 15) is 0 Å². The van der Waals surface area contributed by atoms with Gasteiger partial charge in [-0.25, -0.2) is 0 Å². The zero-order valence-electron chi connectivity index (χ0n) is 9.83. The van der Waals surface area contributed by atoms with Crippen molar-refractivity contribution in [3.63, 3.8) is 0 Å². The molecule has 0 saturated carbocycles. The summed E-state index contributed by atoms with van der Waals surface area (Å²) in [6, 6.07) is 2.11. The second kappa shape index (κ2) is 4.87. The van der Waals surface area contributed by atoms with Gasteiger partial charge in [0.05, 0.1) is 0 Å². The first kappa shape index (κ1) is 12.1. The summed E-state index contributed by atoms with van der Waals surface area (Å²) in [5.41, 5.74) is 1.98. The summed E-state index contributed by atoms with van der Waals surface area (Å²) in [4.78, 5) is 2.34. The van der Waals surface area contributed by atoms with Crippen LogP contribution in [-0.2, 0) is 0 Å². The summed E-state index contributed by atoms with van der Waals surface area (Å²) in [5, 5.41) is 12.5. The van der Waals surface area contributed by atoms with Crippen molar-refractivity contribution < 1.29 is 0 Å². The molecule has 0 spiro atoms. The fourth-order valence-corrected chi connectivity index (χ4v) is 2.24. The van der Waals surface area contributed by atoms with E-state index in [0.717, 1.165) is 30.1 Å². The van der Waals surface area contributed by atoms with Gasteiger partial charge < -0.3 is 4.90 Å². The largest absolute Gasteiger partial charge is 0.355 e. The Hall–Kier alpha value is -1.36. The first-order chi connectivity index (χ1) is 7.84. The molecule has 0 bridgehead atoms. The summed E-state index contributed by atoms with van der Waals surface area (Å²) >= 11 is 0. The SMILES string of the molecule is Cc1cc(N2CCCCC2)nn2cnnc12.Cl. The minimum Gasteiger partial charge on any atom is -0.355 e. The molecule has 0 unspecified atom stereocenters. The van der Waals surface area contributed by atoms with E-state index in [1.165, 1.54) is 19.3 Å². The third-order valence-corrected chi connectivity index (χ3v) is 3.12. The van der Waals surface area contributed by atoms with Crippen LogP contribution in [-0.4, -0.2) is 32.9 Å². The van der Waals surface area contributed by atoms with Crippen molar-refractivity contribution in [2.75, 3.05) is 18.0 Å². The van der Waals surface area contributed by atoms with Crippen LogP contribution in [0.5, 0.6) is 0 Å². The molecule has 0 atom stereocenters. The number of hydrogen-bond acceptors (Lipinski definition) is 4. The van der Waals surface area contributed by atoms with Gasteiger partial charge in [0.2, 0.25) is 0 Å². The molecule has 3 rings (SSSR count). The van der Waals surface area contributed by atoms with E-state index in [1.807, 2.05) is 0 Å².